The van der Waals surface area contributed by atoms with Crippen molar-refractivity contribution >= 4 is 23.0 Å². The predicted octanol–water partition coefficient (Wildman–Crippen LogP) is 3.65. The van der Waals surface area contributed by atoms with Crippen LogP contribution in [0.2, 0.25) is 0 Å². The number of rotatable bonds is 4. The number of carboxylic acid groups (broad SMARTS) is 1. The van der Waals surface area contributed by atoms with Gasteiger partial charge in [0.2, 0.25) is 0 Å². The van der Waals surface area contributed by atoms with Crippen LogP contribution in [0.1, 0.15) is 21.5 Å². The first-order chi connectivity index (χ1) is 9.88. The average molecular weight is 286 g/mol. The minimum atomic E-state index is -1.03. The SMILES string of the molecule is Cc1ccc(Nc2ccc(C)c(C(=O)O)c2)c([N+](=O)[O-])c1. The van der Waals surface area contributed by atoms with Crippen LogP contribution in [0.4, 0.5) is 17.1 Å². The standard InChI is InChI=1S/C15H14N2O4/c1-9-3-6-13(14(7-9)17(20)21)16-11-5-4-10(2)12(8-11)15(18)19/h3-8,16H,1-2H3,(H,18,19). The van der Waals surface area contributed by atoms with Gasteiger partial charge in [0.25, 0.3) is 5.69 Å². The number of hydrogen-bond donors (Lipinski definition) is 2. The van der Waals surface area contributed by atoms with Gasteiger partial charge in [-0.3, -0.25) is 10.1 Å². The molecule has 6 heteroatoms. The molecule has 0 spiro atoms. The number of carboxylic acids is 1. The van der Waals surface area contributed by atoms with E-state index in [2.05, 4.69) is 5.32 Å². The molecule has 0 aliphatic rings. The van der Waals surface area contributed by atoms with E-state index in [9.17, 15) is 14.9 Å². The van der Waals surface area contributed by atoms with E-state index in [1.54, 1.807) is 38.1 Å². The number of aryl methyl sites for hydroxylation is 2. The second-order valence-electron chi connectivity index (χ2n) is 4.74. The molecule has 0 radical (unpaired) electrons. The number of nitrogens with zero attached hydrogens (tertiary/aromatic N) is 1. The zero-order valence-corrected chi connectivity index (χ0v) is 11.6. The Morgan fingerprint density at radius 2 is 1.90 bits per heavy atom. The van der Waals surface area contributed by atoms with Crippen LogP contribution in [0.15, 0.2) is 36.4 Å². The van der Waals surface area contributed by atoms with Crippen LogP contribution in [-0.2, 0) is 0 Å². The molecule has 0 aliphatic heterocycles. The Balaban J connectivity index is 2.41. The van der Waals surface area contributed by atoms with E-state index in [4.69, 9.17) is 5.11 Å². The van der Waals surface area contributed by atoms with Crippen molar-refractivity contribution in [2.75, 3.05) is 5.32 Å². The van der Waals surface area contributed by atoms with Crippen LogP contribution in [0.5, 0.6) is 0 Å². The zero-order valence-electron chi connectivity index (χ0n) is 11.6. The molecule has 0 aliphatic carbocycles. The van der Waals surface area contributed by atoms with E-state index in [1.807, 2.05) is 0 Å². The van der Waals surface area contributed by atoms with E-state index in [-0.39, 0.29) is 11.3 Å². The van der Waals surface area contributed by atoms with Gasteiger partial charge in [0.1, 0.15) is 5.69 Å². The summed E-state index contributed by atoms with van der Waals surface area (Å²) in [5.41, 5.74) is 2.34. The Labute approximate surface area is 121 Å². The molecule has 108 valence electrons. The molecule has 0 bridgehead atoms. The topological polar surface area (TPSA) is 92.5 Å². The number of nitrogens with one attached hydrogen (secondary N) is 1. The second-order valence-corrected chi connectivity index (χ2v) is 4.74. The maximum absolute atomic E-state index is 11.1. The van der Waals surface area contributed by atoms with Crippen LogP contribution in [0, 0.1) is 24.0 Å². The number of benzene rings is 2. The highest BCUT2D eigenvalue weighted by atomic mass is 16.6. The summed E-state index contributed by atoms with van der Waals surface area (Å²) in [7, 11) is 0. The lowest BCUT2D eigenvalue weighted by Gasteiger charge is -2.09. The molecule has 0 aromatic heterocycles. The van der Waals surface area contributed by atoms with E-state index in [0.717, 1.165) is 5.56 Å². The number of hydrogen-bond acceptors (Lipinski definition) is 4. The Bertz CT molecular complexity index is 726. The van der Waals surface area contributed by atoms with Gasteiger partial charge in [-0.15, -0.1) is 0 Å². The molecule has 2 rings (SSSR count). The molecular weight excluding hydrogens is 272 g/mol. The first-order valence-corrected chi connectivity index (χ1v) is 6.24. The molecule has 2 aromatic rings. The minimum Gasteiger partial charge on any atom is -0.478 e. The van der Waals surface area contributed by atoms with Crippen LogP contribution in [-0.4, -0.2) is 16.0 Å². The third-order valence-electron chi connectivity index (χ3n) is 3.10. The Hall–Kier alpha value is -2.89. The van der Waals surface area contributed by atoms with Gasteiger partial charge in [-0.25, -0.2) is 4.79 Å². The number of aromatic carboxylic acids is 1. The lowest BCUT2D eigenvalue weighted by molar-refractivity contribution is -0.384. The fraction of sp³-hybridized carbons (Fsp3) is 0.133. The quantitative estimate of drug-likeness (QED) is 0.661. The molecule has 0 amide bonds. The van der Waals surface area contributed by atoms with Crippen LogP contribution >= 0.6 is 0 Å². The number of nitro groups is 1. The van der Waals surface area contributed by atoms with Crippen molar-refractivity contribution in [3.05, 3.63) is 63.2 Å². The fourth-order valence-electron chi connectivity index (χ4n) is 1.98. The van der Waals surface area contributed by atoms with Crippen molar-refractivity contribution < 1.29 is 14.8 Å². The van der Waals surface area contributed by atoms with E-state index in [0.29, 0.717) is 16.9 Å². The molecule has 0 saturated heterocycles. The molecule has 21 heavy (non-hydrogen) atoms. The first-order valence-electron chi connectivity index (χ1n) is 6.24. The van der Waals surface area contributed by atoms with E-state index in [1.165, 1.54) is 12.1 Å². The van der Waals surface area contributed by atoms with Gasteiger partial charge in [0, 0.05) is 11.8 Å². The molecule has 2 aromatic carbocycles. The van der Waals surface area contributed by atoms with Gasteiger partial charge >= 0.3 is 5.97 Å². The smallest absolute Gasteiger partial charge is 0.336 e. The Morgan fingerprint density at radius 1 is 1.19 bits per heavy atom. The first kappa shape index (κ1) is 14.5. The lowest BCUT2D eigenvalue weighted by Crippen LogP contribution is -2.02. The van der Waals surface area contributed by atoms with Crippen molar-refractivity contribution in [2.45, 2.75) is 13.8 Å². The van der Waals surface area contributed by atoms with Crippen molar-refractivity contribution in [3.8, 4) is 0 Å². The van der Waals surface area contributed by atoms with Crippen LogP contribution < -0.4 is 5.32 Å². The van der Waals surface area contributed by atoms with E-state index >= 15 is 0 Å². The summed E-state index contributed by atoms with van der Waals surface area (Å²) in [6.07, 6.45) is 0. The second kappa shape index (κ2) is 5.62. The molecule has 0 heterocycles. The van der Waals surface area contributed by atoms with Gasteiger partial charge in [-0.2, -0.15) is 0 Å². The van der Waals surface area contributed by atoms with Crippen LogP contribution in [0.25, 0.3) is 0 Å². The Morgan fingerprint density at radius 3 is 2.52 bits per heavy atom. The summed E-state index contributed by atoms with van der Waals surface area (Å²) in [5, 5.41) is 23.1. The summed E-state index contributed by atoms with van der Waals surface area (Å²) in [6.45, 7) is 3.47. The molecule has 0 unspecified atom stereocenters. The van der Waals surface area contributed by atoms with Gasteiger partial charge < -0.3 is 10.4 Å². The third-order valence-corrected chi connectivity index (χ3v) is 3.10. The molecular formula is C15H14N2O4. The zero-order chi connectivity index (χ0) is 15.6. The third kappa shape index (κ3) is 3.17. The molecule has 2 N–H and O–H groups in total. The summed E-state index contributed by atoms with van der Waals surface area (Å²) < 4.78 is 0. The number of anilines is 2. The van der Waals surface area contributed by atoms with Gasteiger partial charge in [0.15, 0.2) is 0 Å². The summed E-state index contributed by atoms with van der Waals surface area (Å²) in [4.78, 5) is 21.7. The maximum Gasteiger partial charge on any atom is 0.336 e. The van der Waals surface area contributed by atoms with Crippen LogP contribution in [0.3, 0.4) is 0 Å². The highest BCUT2D eigenvalue weighted by molar-refractivity contribution is 5.91. The number of carbonyl (C=O) groups is 1. The summed E-state index contributed by atoms with van der Waals surface area (Å²) in [6, 6.07) is 9.63. The van der Waals surface area contributed by atoms with Crippen molar-refractivity contribution in [2.24, 2.45) is 0 Å². The van der Waals surface area contributed by atoms with Crippen molar-refractivity contribution in [3.63, 3.8) is 0 Å². The summed E-state index contributed by atoms with van der Waals surface area (Å²) in [5.74, 6) is -1.03. The fourth-order valence-corrected chi connectivity index (χ4v) is 1.98. The summed E-state index contributed by atoms with van der Waals surface area (Å²) >= 11 is 0. The Kier molecular flexibility index (Phi) is 3.89. The predicted molar refractivity (Wildman–Crippen MR) is 79.3 cm³/mol. The molecule has 0 atom stereocenters. The lowest BCUT2D eigenvalue weighted by atomic mass is 10.1. The molecule has 0 saturated carbocycles. The maximum atomic E-state index is 11.1. The van der Waals surface area contributed by atoms with E-state index < -0.39 is 10.9 Å². The molecule has 0 fully saturated rings. The average Bonchev–Trinajstić information content (AvgIpc) is 2.42. The highest BCUT2D eigenvalue weighted by Crippen LogP contribution is 2.29. The largest absolute Gasteiger partial charge is 0.478 e. The van der Waals surface area contributed by atoms with Gasteiger partial charge in [0.05, 0.1) is 10.5 Å². The van der Waals surface area contributed by atoms with Gasteiger partial charge in [-0.05, 0) is 43.2 Å². The monoisotopic (exact) mass is 286 g/mol. The minimum absolute atomic E-state index is 0.0487. The highest BCUT2D eigenvalue weighted by Gasteiger charge is 2.15. The number of nitro benzene ring substituents is 1. The molecule has 6 nitrogen and oxygen atoms in total. The van der Waals surface area contributed by atoms with Gasteiger partial charge in [-0.1, -0.05) is 12.1 Å². The normalized spacial score (nSPS) is 10.2. The van der Waals surface area contributed by atoms with Crippen molar-refractivity contribution in [1.29, 1.82) is 0 Å². The van der Waals surface area contributed by atoms with Crippen molar-refractivity contribution in [1.82, 2.24) is 0 Å².